The van der Waals surface area contributed by atoms with Gasteiger partial charge in [0.1, 0.15) is 0 Å². The SMILES string of the molecule is [CH2]CCCc1cc(OCC)c(OCC)c(OCC)c1. The highest BCUT2D eigenvalue weighted by Gasteiger charge is 2.14. The first-order valence-electron chi connectivity index (χ1n) is 7.11. The molecule has 0 aromatic heterocycles. The van der Waals surface area contributed by atoms with E-state index >= 15 is 0 Å². The summed E-state index contributed by atoms with van der Waals surface area (Å²) in [5.41, 5.74) is 1.21. The lowest BCUT2D eigenvalue weighted by Gasteiger charge is -2.17. The third-order valence-corrected chi connectivity index (χ3v) is 2.68. The van der Waals surface area contributed by atoms with Crippen molar-refractivity contribution in [1.29, 1.82) is 0 Å². The van der Waals surface area contributed by atoms with Gasteiger partial charge in [0.15, 0.2) is 11.5 Å². The van der Waals surface area contributed by atoms with Gasteiger partial charge in [0.25, 0.3) is 0 Å². The summed E-state index contributed by atoms with van der Waals surface area (Å²) in [6.07, 6.45) is 2.97. The zero-order valence-electron chi connectivity index (χ0n) is 12.3. The van der Waals surface area contributed by atoms with Crippen molar-refractivity contribution in [1.82, 2.24) is 0 Å². The van der Waals surface area contributed by atoms with Gasteiger partial charge in [-0.3, -0.25) is 0 Å². The van der Waals surface area contributed by atoms with E-state index in [0.717, 1.165) is 30.8 Å². The standard InChI is InChI=1S/C16H25O3/c1-5-9-10-13-11-14(17-6-2)16(19-8-4)15(12-13)18-7-3/h11-12H,1,5-10H2,2-4H3. The van der Waals surface area contributed by atoms with E-state index in [1.165, 1.54) is 5.56 Å². The molecule has 1 aromatic rings. The van der Waals surface area contributed by atoms with Crippen molar-refractivity contribution in [2.24, 2.45) is 0 Å². The Kier molecular flexibility index (Phi) is 7.16. The fourth-order valence-electron chi connectivity index (χ4n) is 1.92. The molecule has 0 aliphatic rings. The first-order chi connectivity index (χ1) is 9.26. The Morgan fingerprint density at radius 1 is 0.895 bits per heavy atom. The first-order valence-corrected chi connectivity index (χ1v) is 7.11. The van der Waals surface area contributed by atoms with Crippen LogP contribution in [0.15, 0.2) is 12.1 Å². The molecule has 0 saturated carbocycles. The Bertz CT molecular complexity index is 347. The maximum Gasteiger partial charge on any atom is 0.203 e. The Balaban J connectivity index is 3.09. The number of ether oxygens (including phenoxy) is 3. The maximum absolute atomic E-state index is 5.68. The molecule has 0 bridgehead atoms. The molecule has 0 aliphatic carbocycles. The molecule has 3 heteroatoms. The van der Waals surface area contributed by atoms with Gasteiger partial charge in [0.05, 0.1) is 19.8 Å². The molecular weight excluding hydrogens is 240 g/mol. The van der Waals surface area contributed by atoms with Crippen molar-refractivity contribution in [3.05, 3.63) is 24.6 Å². The van der Waals surface area contributed by atoms with E-state index in [4.69, 9.17) is 14.2 Å². The molecule has 0 amide bonds. The molecule has 0 unspecified atom stereocenters. The average molecular weight is 265 g/mol. The third kappa shape index (κ3) is 4.66. The summed E-state index contributed by atoms with van der Waals surface area (Å²) in [6, 6.07) is 4.10. The summed E-state index contributed by atoms with van der Waals surface area (Å²) < 4.78 is 17.0. The molecule has 0 heterocycles. The molecule has 3 nitrogen and oxygen atoms in total. The fourth-order valence-corrected chi connectivity index (χ4v) is 1.92. The van der Waals surface area contributed by atoms with Crippen LogP contribution in [0.1, 0.15) is 39.2 Å². The minimum absolute atomic E-state index is 0.596. The smallest absolute Gasteiger partial charge is 0.203 e. The van der Waals surface area contributed by atoms with Gasteiger partial charge in [-0.05, 0) is 51.3 Å². The number of benzene rings is 1. The molecule has 1 aromatic carbocycles. The molecule has 0 spiro atoms. The zero-order valence-corrected chi connectivity index (χ0v) is 12.3. The lowest BCUT2D eigenvalue weighted by atomic mass is 10.1. The zero-order chi connectivity index (χ0) is 14.1. The van der Waals surface area contributed by atoms with E-state index in [-0.39, 0.29) is 0 Å². The van der Waals surface area contributed by atoms with Crippen molar-refractivity contribution in [3.8, 4) is 17.2 Å². The van der Waals surface area contributed by atoms with Gasteiger partial charge in [-0.2, -0.15) is 0 Å². The minimum atomic E-state index is 0.596. The molecule has 0 saturated heterocycles. The number of aryl methyl sites for hydroxylation is 1. The minimum Gasteiger partial charge on any atom is -0.490 e. The van der Waals surface area contributed by atoms with E-state index in [0.29, 0.717) is 25.6 Å². The van der Waals surface area contributed by atoms with Crippen LogP contribution in [-0.4, -0.2) is 19.8 Å². The van der Waals surface area contributed by atoms with Gasteiger partial charge in [0.2, 0.25) is 5.75 Å². The molecule has 107 valence electrons. The van der Waals surface area contributed by atoms with Crippen LogP contribution >= 0.6 is 0 Å². The van der Waals surface area contributed by atoms with Crippen LogP contribution in [0.25, 0.3) is 0 Å². The van der Waals surface area contributed by atoms with Crippen LogP contribution in [0.4, 0.5) is 0 Å². The molecule has 0 N–H and O–H groups in total. The van der Waals surface area contributed by atoms with Crippen LogP contribution in [0.2, 0.25) is 0 Å². The second kappa shape index (κ2) is 8.68. The topological polar surface area (TPSA) is 27.7 Å². The predicted molar refractivity (Wildman–Crippen MR) is 78.2 cm³/mol. The molecule has 1 rings (SSSR count). The molecule has 1 radical (unpaired) electrons. The quantitative estimate of drug-likeness (QED) is 0.674. The van der Waals surface area contributed by atoms with Gasteiger partial charge < -0.3 is 14.2 Å². The summed E-state index contributed by atoms with van der Waals surface area (Å²) in [4.78, 5) is 0. The van der Waals surface area contributed by atoms with Crippen molar-refractivity contribution in [2.45, 2.75) is 40.0 Å². The van der Waals surface area contributed by atoms with Gasteiger partial charge in [0, 0.05) is 0 Å². The number of hydrogen-bond donors (Lipinski definition) is 0. The van der Waals surface area contributed by atoms with Crippen molar-refractivity contribution in [3.63, 3.8) is 0 Å². The summed E-state index contributed by atoms with van der Waals surface area (Å²) in [5, 5.41) is 0. The Hall–Kier alpha value is -1.38. The lowest BCUT2D eigenvalue weighted by molar-refractivity contribution is 0.260. The first kappa shape index (κ1) is 15.7. The van der Waals surface area contributed by atoms with Gasteiger partial charge >= 0.3 is 0 Å². The maximum atomic E-state index is 5.68. The normalized spacial score (nSPS) is 10.3. The molecular formula is C16H25O3. The van der Waals surface area contributed by atoms with E-state index in [9.17, 15) is 0 Å². The summed E-state index contributed by atoms with van der Waals surface area (Å²) in [5.74, 6) is 2.26. The molecule has 0 aliphatic heterocycles. The van der Waals surface area contributed by atoms with Crippen LogP contribution in [0, 0.1) is 6.92 Å². The van der Waals surface area contributed by atoms with Gasteiger partial charge in [-0.25, -0.2) is 0 Å². The van der Waals surface area contributed by atoms with Gasteiger partial charge in [-0.1, -0.05) is 13.3 Å². The lowest BCUT2D eigenvalue weighted by Crippen LogP contribution is -2.03. The largest absolute Gasteiger partial charge is 0.490 e. The highest BCUT2D eigenvalue weighted by Crippen LogP contribution is 2.39. The van der Waals surface area contributed by atoms with Crippen molar-refractivity contribution in [2.75, 3.05) is 19.8 Å². The Morgan fingerprint density at radius 2 is 1.42 bits per heavy atom. The van der Waals surface area contributed by atoms with E-state index in [1.807, 2.05) is 32.9 Å². The highest BCUT2D eigenvalue weighted by molar-refractivity contribution is 5.54. The number of rotatable bonds is 9. The van der Waals surface area contributed by atoms with E-state index in [1.54, 1.807) is 0 Å². The van der Waals surface area contributed by atoms with Crippen LogP contribution in [0.3, 0.4) is 0 Å². The monoisotopic (exact) mass is 265 g/mol. The fraction of sp³-hybridized carbons (Fsp3) is 0.562. The van der Waals surface area contributed by atoms with Crippen molar-refractivity contribution >= 4 is 0 Å². The van der Waals surface area contributed by atoms with Crippen molar-refractivity contribution < 1.29 is 14.2 Å². The molecule has 19 heavy (non-hydrogen) atoms. The third-order valence-electron chi connectivity index (χ3n) is 2.68. The molecule has 0 atom stereocenters. The highest BCUT2D eigenvalue weighted by atomic mass is 16.5. The van der Waals surface area contributed by atoms with Crippen LogP contribution in [-0.2, 0) is 6.42 Å². The Labute approximate surface area is 116 Å². The average Bonchev–Trinajstić information content (AvgIpc) is 2.40. The number of hydrogen-bond acceptors (Lipinski definition) is 3. The second-order valence-electron chi connectivity index (χ2n) is 4.18. The van der Waals surface area contributed by atoms with E-state index in [2.05, 4.69) is 6.92 Å². The second-order valence-corrected chi connectivity index (χ2v) is 4.18. The summed E-state index contributed by atoms with van der Waals surface area (Å²) in [7, 11) is 0. The predicted octanol–water partition coefficient (Wildman–Crippen LogP) is 4.04. The van der Waals surface area contributed by atoms with E-state index < -0.39 is 0 Å². The van der Waals surface area contributed by atoms with Gasteiger partial charge in [-0.15, -0.1) is 0 Å². The van der Waals surface area contributed by atoms with Crippen LogP contribution in [0.5, 0.6) is 17.2 Å². The number of unbranched alkanes of at least 4 members (excludes halogenated alkanes) is 1. The summed E-state index contributed by atoms with van der Waals surface area (Å²) >= 11 is 0. The molecule has 0 fully saturated rings. The van der Waals surface area contributed by atoms with Crippen LogP contribution < -0.4 is 14.2 Å². The Morgan fingerprint density at radius 3 is 1.84 bits per heavy atom. The summed E-state index contributed by atoms with van der Waals surface area (Å²) in [6.45, 7) is 11.6.